The lowest BCUT2D eigenvalue weighted by Gasteiger charge is -2.24. The number of rotatable bonds is 5. The summed E-state index contributed by atoms with van der Waals surface area (Å²) >= 11 is 3.44. The van der Waals surface area contributed by atoms with Gasteiger partial charge in [0.05, 0.1) is 18.4 Å². The Morgan fingerprint density at radius 3 is 3.13 bits per heavy atom. The first kappa shape index (κ1) is 16.4. The van der Waals surface area contributed by atoms with Gasteiger partial charge in [0.15, 0.2) is 5.71 Å². The number of halogens is 1. The third-order valence-electron chi connectivity index (χ3n) is 4.05. The fourth-order valence-corrected chi connectivity index (χ4v) is 3.33. The van der Waals surface area contributed by atoms with Gasteiger partial charge in [-0.3, -0.25) is 4.79 Å². The molecule has 0 aromatic heterocycles. The first-order chi connectivity index (χ1) is 11.2. The molecule has 1 fully saturated rings. The number of morpholine rings is 1. The van der Waals surface area contributed by atoms with Crippen LogP contribution in [0.3, 0.4) is 0 Å². The monoisotopic (exact) mass is 381 g/mol. The average molecular weight is 382 g/mol. The van der Waals surface area contributed by atoms with Gasteiger partial charge in [-0.15, -0.1) is 0 Å². The van der Waals surface area contributed by atoms with E-state index in [1.54, 1.807) is 4.90 Å². The molecule has 2 heterocycles. The maximum absolute atomic E-state index is 12.6. The van der Waals surface area contributed by atoms with E-state index in [9.17, 15) is 4.79 Å². The van der Waals surface area contributed by atoms with Gasteiger partial charge in [0.25, 0.3) is 5.91 Å². The summed E-state index contributed by atoms with van der Waals surface area (Å²) in [6, 6.07) is 5.77. The molecule has 6 nitrogen and oxygen atoms in total. The van der Waals surface area contributed by atoms with Gasteiger partial charge >= 0.3 is 0 Å². The predicted octanol–water partition coefficient (Wildman–Crippen LogP) is 1.91. The van der Waals surface area contributed by atoms with Crippen LogP contribution in [0.15, 0.2) is 27.8 Å². The van der Waals surface area contributed by atoms with Crippen molar-refractivity contribution in [2.24, 2.45) is 5.16 Å². The van der Waals surface area contributed by atoms with Gasteiger partial charge in [-0.2, -0.15) is 0 Å². The molecule has 0 bridgehead atoms. The second kappa shape index (κ2) is 7.42. The number of fused-ring (bicyclic) bond motifs is 1. The van der Waals surface area contributed by atoms with E-state index in [0.717, 1.165) is 48.3 Å². The maximum Gasteiger partial charge on any atom is 0.281 e. The summed E-state index contributed by atoms with van der Waals surface area (Å²) in [5, 5.41) is 7.23. The molecule has 0 aliphatic carbocycles. The summed E-state index contributed by atoms with van der Waals surface area (Å²) in [6.45, 7) is 3.21. The largest absolute Gasteiger partial charge is 0.398 e. The van der Waals surface area contributed by atoms with E-state index < -0.39 is 0 Å². The molecule has 2 aliphatic rings. The highest BCUT2D eigenvalue weighted by Gasteiger charge is 2.34. The Labute approximate surface area is 143 Å². The Kier molecular flexibility index (Phi) is 5.30. The minimum Gasteiger partial charge on any atom is -0.398 e. The zero-order valence-corrected chi connectivity index (χ0v) is 14.6. The summed E-state index contributed by atoms with van der Waals surface area (Å²) in [4.78, 5) is 19.2. The Balaban J connectivity index is 1.70. The number of hydrogen-bond acceptors (Lipinski definition) is 5. The molecule has 23 heavy (non-hydrogen) atoms. The molecular formula is C16H20BrN3O3. The molecule has 1 aromatic rings. The van der Waals surface area contributed by atoms with E-state index in [1.165, 1.54) is 7.11 Å². The normalized spacial score (nSPS) is 22.5. The van der Waals surface area contributed by atoms with Crippen LogP contribution < -0.4 is 10.2 Å². The fraction of sp³-hybridized carbons (Fsp3) is 0.500. The third kappa shape index (κ3) is 3.57. The van der Waals surface area contributed by atoms with Crippen molar-refractivity contribution in [3.8, 4) is 0 Å². The Morgan fingerprint density at radius 2 is 2.39 bits per heavy atom. The van der Waals surface area contributed by atoms with Gasteiger partial charge in [-0.25, -0.2) is 0 Å². The van der Waals surface area contributed by atoms with Crippen molar-refractivity contribution in [1.29, 1.82) is 0 Å². The maximum atomic E-state index is 12.6. The number of ether oxygens (including phenoxy) is 1. The van der Waals surface area contributed by atoms with Crippen molar-refractivity contribution in [2.45, 2.75) is 18.9 Å². The lowest BCUT2D eigenvalue weighted by Crippen LogP contribution is -2.39. The molecule has 0 spiro atoms. The van der Waals surface area contributed by atoms with Gasteiger partial charge in [-0.1, -0.05) is 21.1 Å². The molecular weight excluding hydrogens is 362 g/mol. The van der Waals surface area contributed by atoms with Crippen molar-refractivity contribution in [1.82, 2.24) is 5.32 Å². The average Bonchev–Trinajstić information content (AvgIpc) is 2.81. The van der Waals surface area contributed by atoms with E-state index in [1.807, 2.05) is 18.2 Å². The van der Waals surface area contributed by atoms with Crippen LogP contribution in [0.25, 0.3) is 0 Å². The molecule has 0 radical (unpaired) electrons. The first-order valence-corrected chi connectivity index (χ1v) is 8.55. The zero-order valence-electron chi connectivity index (χ0n) is 13.0. The quantitative estimate of drug-likeness (QED) is 0.791. The number of carbonyl (C=O) groups excluding carboxylic acids is 1. The van der Waals surface area contributed by atoms with Crippen LogP contribution in [0, 0.1) is 0 Å². The number of carbonyl (C=O) groups is 1. The van der Waals surface area contributed by atoms with Crippen LogP contribution in [-0.2, 0) is 14.4 Å². The SMILES string of the molecule is CO/N=C1\C(=O)N(CCCC2CNCCO2)c2ccc(Br)cc21. The van der Waals surface area contributed by atoms with Crippen molar-refractivity contribution in [2.75, 3.05) is 38.3 Å². The molecule has 2 aliphatic heterocycles. The van der Waals surface area contributed by atoms with Crippen molar-refractivity contribution in [3.63, 3.8) is 0 Å². The van der Waals surface area contributed by atoms with Crippen LogP contribution in [0.5, 0.6) is 0 Å². The summed E-state index contributed by atoms with van der Waals surface area (Å²) in [5.41, 5.74) is 2.05. The number of hydrogen-bond donors (Lipinski definition) is 1. The minimum absolute atomic E-state index is 0.109. The van der Waals surface area contributed by atoms with E-state index in [-0.39, 0.29) is 12.0 Å². The molecule has 0 saturated carbocycles. The van der Waals surface area contributed by atoms with Crippen LogP contribution >= 0.6 is 15.9 Å². The van der Waals surface area contributed by atoms with Crippen molar-refractivity contribution < 1.29 is 14.4 Å². The topological polar surface area (TPSA) is 63.2 Å². The van der Waals surface area contributed by atoms with Gasteiger partial charge in [0, 0.05) is 29.7 Å². The third-order valence-corrected chi connectivity index (χ3v) is 4.54. The first-order valence-electron chi connectivity index (χ1n) is 7.76. The molecule has 1 unspecified atom stereocenters. The lowest BCUT2D eigenvalue weighted by atomic mass is 10.1. The number of nitrogens with one attached hydrogen (secondary N) is 1. The number of anilines is 1. The molecule has 1 N–H and O–H groups in total. The molecule has 7 heteroatoms. The van der Waals surface area contributed by atoms with Gasteiger partial charge in [0.1, 0.15) is 7.11 Å². The van der Waals surface area contributed by atoms with Crippen LogP contribution in [0.2, 0.25) is 0 Å². The second-order valence-electron chi connectivity index (χ2n) is 5.58. The molecule has 124 valence electrons. The van der Waals surface area contributed by atoms with Crippen LogP contribution in [-0.4, -0.2) is 51.1 Å². The van der Waals surface area contributed by atoms with E-state index in [0.29, 0.717) is 12.3 Å². The smallest absolute Gasteiger partial charge is 0.281 e. The molecule has 1 amide bonds. The number of oxime groups is 1. The standard InChI is InChI=1S/C16H20BrN3O3/c1-22-19-15-13-9-11(17)4-5-14(13)20(16(15)21)7-2-3-12-10-18-6-8-23-12/h4-5,9,12,18H,2-3,6-8,10H2,1H3/b19-15-. The van der Waals surface area contributed by atoms with E-state index in [4.69, 9.17) is 9.57 Å². The molecule has 3 rings (SSSR count). The molecule has 1 aromatic carbocycles. The highest BCUT2D eigenvalue weighted by molar-refractivity contribution is 9.10. The molecule has 1 atom stereocenters. The van der Waals surface area contributed by atoms with E-state index in [2.05, 4.69) is 26.4 Å². The number of nitrogens with zero attached hydrogens (tertiary/aromatic N) is 2. The number of amides is 1. The Morgan fingerprint density at radius 1 is 1.52 bits per heavy atom. The summed E-state index contributed by atoms with van der Waals surface area (Å²) in [6.07, 6.45) is 2.05. The Hall–Kier alpha value is -1.44. The van der Waals surface area contributed by atoms with Gasteiger partial charge < -0.3 is 19.8 Å². The Bertz CT molecular complexity index is 615. The van der Waals surface area contributed by atoms with Crippen molar-refractivity contribution >= 4 is 33.2 Å². The summed E-state index contributed by atoms with van der Waals surface area (Å²) in [7, 11) is 1.45. The van der Waals surface area contributed by atoms with Crippen LogP contribution in [0.1, 0.15) is 18.4 Å². The fourth-order valence-electron chi connectivity index (χ4n) is 2.97. The highest BCUT2D eigenvalue weighted by atomic mass is 79.9. The minimum atomic E-state index is -0.109. The van der Waals surface area contributed by atoms with Crippen LogP contribution in [0.4, 0.5) is 5.69 Å². The zero-order chi connectivity index (χ0) is 16.2. The summed E-state index contributed by atoms with van der Waals surface area (Å²) in [5.74, 6) is -0.109. The van der Waals surface area contributed by atoms with E-state index >= 15 is 0 Å². The predicted molar refractivity (Wildman–Crippen MR) is 91.9 cm³/mol. The molecule has 1 saturated heterocycles. The van der Waals surface area contributed by atoms with Crippen molar-refractivity contribution in [3.05, 3.63) is 28.2 Å². The highest BCUT2D eigenvalue weighted by Crippen LogP contribution is 2.32. The number of benzene rings is 1. The lowest BCUT2D eigenvalue weighted by molar-refractivity contribution is -0.112. The second-order valence-corrected chi connectivity index (χ2v) is 6.50. The van der Waals surface area contributed by atoms with Gasteiger partial charge in [-0.05, 0) is 31.0 Å². The summed E-state index contributed by atoms with van der Waals surface area (Å²) < 4.78 is 6.61. The van der Waals surface area contributed by atoms with Gasteiger partial charge in [0.2, 0.25) is 0 Å².